The summed E-state index contributed by atoms with van der Waals surface area (Å²) >= 11 is 0. The topological polar surface area (TPSA) is 52.6 Å². The van der Waals surface area contributed by atoms with Gasteiger partial charge >= 0.3 is 11.9 Å². The molecule has 3 aromatic carbocycles. The van der Waals surface area contributed by atoms with E-state index in [0.717, 1.165) is 46.1 Å². The molecule has 0 amide bonds. The molecule has 0 heterocycles. The molecular weight excluding hydrogens is 544 g/mol. The molecule has 2 atom stereocenters. The number of carbonyl (C=O) groups is 2. The third-order valence-electron chi connectivity index (χ3n) is 8.73. The van der Waals surface area contributed by atoms with Crippen LogP contribution in [0.4, 0.5) is 0 Å². The zero-order chi connectivity index (χ0) is 32.1. The van der Waals surface area contributed by atoms with Crippen molar-refractivity contribution >= 4 is 22.7 Å². The average Bonchev–Trinajstić information content (AvgIpc) is 2.98. The van der Waals surface area contributed by atoms with Crippen LogP contribution in [-0.2, 0) is 11.2 Å². The fourth-order valence-electron chi connectivity index (χ4n) is 6.00. The predicted molar refractivity (Wildman–Crippen MR) is 184 cm³/mol. The van der Waals surface area contributed by atoms with Gasteiger partial charge in [0.1, 0.15) is 11.5 Å². The van der Waals surface area contributed by atoms with Crippen LogP contribution in [0.25, 0.3) is 10.8 Å². The van der Waals surface area contributed by atoms with Gasteiger partial charge in [0, 0.05) is 23.3 Å². The second-order valence-electron chi connectivity index (χ2n) is 13.3. The third kappa shape index (κ3) is 10.9. The predicted octanol–water partition coefficient (Wildman–Crippen LogP) is 11.2. The molecule has 3 rings (SSSR count). The number of carbonyl (C=O) groups excluding carboxylic acids is 2. The minimum absolute atomic E-state index is 0.371. The van der Waals surface area contributed by atoms with E-state index in [2.05, 4.69) is 40.7 Å². The molecule has 0 aliphatic rings. The summed E-state index contributed by atoms with van der Waals surface area (Å²) < 4.78 is 11.8. The number of ether oxygens (including phenoxy) is 2. The average molecular weight is 599 g/mol. The molecule has 0 aromatic heterocycles. The van der Waals surface area contributed by atoms with Crippen LogP contribution in [0.15, 0.2) is 66.2 Å². The molecule has 0 aliphatic heterocycles. The maximum Gasteiger partial charge on any atom is 0.343 e. The van der Waals surface area contributed by atoms with Crippen LogP contribution in [0.5, 0.6) is 11.5 Å². The van der Waals surface area contributed by atoms with Crippen LogP contribution in [0, 0.1) is 24.7 Å². The minimum atomic E-state index is -0.411. The Balaban J connectivity index is 1.67. The monoisotopic (exact) mass is 598 g/mol. The molecule has 0 bridgehead atoms. The first-order valence-corrected chi connectivity index (χ1v) is 16.7. The Bertz CT molecular complexity index is 1390. The molecule has 3 aromatic rings. The summed E-state index contributed by atoms with van der Waals surface area (Å²) in [7, 11) is 0. The maximum absolute atomic E-state index is 13.1. The number of fused-ring (bicyclic) bond motifs is 1. The zero-order valence-electron chi connectivity index (χ0n) is 28.2. The van der Waals surface area contributed by atoms with Gasteiger partial charge in [0.2, 0.25) is 0 Å². The lowest BCUT2D eigenvalue weighted by atomic mass is 9.91. The normalized spacial score (nSPS) is 13.2. The molecule has 0 aliphatic carbocycles. The molecule has 0 fully saturated rings. The van der Waals surface area contributed by atoms with Gasteiger partial charge in [-0.15, -0.1) is 0 Å². The van der Waals surface area contributed by atoms with E-state index >= 15 is 0 Å². The van der Waals surface area contributed by atoms with Crippen LogP contribution in [0.2, 0.25) is 0 Å². The largest absolute Gasteiger partial charge is 0.426 e. The van der Waals surface area contributed by atoms with Gasteiger partial charge in [-0.3, -0.25) is 4.79 Å². The zero-order valence-corrected chi connectivity index (χ0v) is 28.2. The summed E-state index contributed by atoms with van der Waals surface area (Å²) in [6.45, 7) is 15.0. The van der Waals surface area contributed by atoms with Crippen molar-refractivity contribution in [2.45, 2.75) is 113 Å². The quantitative estimate of drug-likeness (QED) is 0.0881. The van der Waals surface area contributed by atoms with E-state index in [1.165, 1.54) is 63.9 Å². The molecule has 0 saturated heterocycles. The van der Waals surface area contributed by atoms with Crippen LogP contribution in [-0.4, -0.2) is 11.9 Å². The van der Waals surface area contributed by atoms with Gasteiger partial charge in [0.05, 0.1) is 5.56 Å². The Morgan fingerprint density at radius 2 is 1.25 bits per heavy atom. The number of allylic oxidation sites excluding steroid dienone is 2. The Morgan fingerprint density at radius 1 is 0.705 bits per heavy atom. The lowest BCUT2D eigenvalue weighted by Crippen LogP contribution is -2.12. The standard InChI is InChI=1S/C40H54O4/c1-28(2)16-13-17-29(3)18-14-19-30(4)20-15-21-31(5)26-27-35-32(6)38(44-40(42)34-22-9-8-10-23-34)36-24-11-12-25-37(36)39(35)43-33(7)41/h8-12,22-26,28-30H,13-21,27H2,1-7H3/b31-26+. The maximum atomic E-state index is 13.1. The minimum Gasteiger partial charge on any atom is -0.426 e. The molecule has 4 nitrogen and oxygen atoms in total. The number of rotatable bonds is 17. The van der Waals surface area contributed by atoms with Crippen molar-refractivity contribution in [3.8, 4) is 11.5 Å². The van der Waals surface area contributed by atoms with Gasteiger partial charge in [-0.2, -0.15) is 0 Å². The van der Waals surface area contributed by atoms with Crippen LogP contribution in [0.3, 0.4) is 0 Å². The molecule has 238 valence electrons. The number of benzene rings is 3. The lowest BCUT2D eigenvalue weighted by molar-refractivity contribution is -0.131. The highest BCUT2D eigenvalue weighted by molar-refractivity contribution is 6.00. The van der Waals surface area contributed by atoms with Gasteiger partial charge in [0.25, 0.3) is 0 Å². The lowest BCUT2D eigenvalue weighted by Gasteiger charge is -2.19. The van der Waals surface area contributed by atoms with Crippen molar-refractivity contribution in [3.05, 3.63) is 82.9 Å². The van der Waals surface area contributed by atoms with Crippen LogP contribution in [0.1, 0.15) is 121 Å². The van der Waals surface area contributed by atoms with Crippen molar-refractivity contribution in [2.75, 3.05) is 0 Å². The van der Waals surface area contributed by atoms with E-state index in [4.69, 9.17) is 9.47 Å². The summed E-state index contributed by atoms with van der Waals surface area (Å²) in [5, 5.41) is 1.50. The highest BCUT2D eigenvalue weighted by Gasteiger charge is 2.22. The molecule has 4 heteroatoms. The molecule has 0 saturated carbocycles. The molecule has 0 radical (unpaired) electrons. The Kier molecular flexibility index (Phi) is 14.2. The van der Waals surface area contributed by atoms with E-state index < -0.39 is 5.97 Å². The number of hydrogen-bond acceptors (Lipinski definition) is 4. The van der Waals surface area contributed by atoms with E-state index in [1.54, 1.807) is 12.1 Å². The molecule has 0 N–H and O–H groups in total. The van der Waals surface area contributed by atoms with Gasteiger partial charge in [-0.1, -0.05) is 127 Å². The fourth-order valence-corrected chi connectivity index (χ4v) is 6.00. The van der Waals surface area contributed by atoms with Gasteiger partial charge in [-0.05, 0) is 68.6 Å². The van der Waals surface area contributed by atoms with Crippen molar-refractivity contribution in [2.24, 2.45) is 17.8 Å². The van der Waals surface area contributed by atoms with E-state index in [9.17, 15) is 9.59 Å². The van der Waals surface area contributed by atoms with Gasteiger partial charge < -0.3 is 9.47 Å². The first-order valence-electron chi connectivity index (χ1n) is 16.7. The third-order valence-corrected chi connectivity index (χ3v) is 8.73. The van der Waals surface area contributed by atoms with Crippen LogP contribution >= 0.6 is 0 Å². The van der Waals surface area contributed by atoms with Crippen molar-refractivity contribution in [3.63, 3.8) is 0 Å². The molecule has 2 unspecified atom stereocenters. The molecule has 0 spiro atoms. The summed E-state index contributed by atoms with van der Waals surface area (Å²) in [6.07, 6.45) is 14.3. The summed E-state index contributed by atoms with van der Waals surface area (Å²) in [4.78, 5) is 25.2. The smallest absolute Gasteiger partial charge is 0.343 e. The van der Waals surface area contributed by atoms with Gasteiger partial charge in [-0.25, -0.2) is 4.79 Å². The highest BCUT2D eigenvalue weighted by atomic mass is 16.5. The Hall–Kier alpha value is -3.40. The number of hydrogen-bond donors (Lipinski definition) is 0. The van der Waals surface area contributed by atoms with Gasteiger partial charge in [0.15, 0.2) is 0 Å². The summed E-state index contributed by atoms with van der Waals surface area (Å²) in [5.74, 6) is 2.66. The van der Waals surface area contributed by atoms with E-state index in [0.29, 0.717) is 23.5 Å². The van der Waals surface area contributed by atoms with Crippen molar-refractivity contribution in [1.82, 2.24) is 0 Å². The Labute approximate surface area is 266 Å². The Morgan fingerprint density at radius 3 is 1.84 bits per heavy atom. The molecule has 44 heavy (non-hydrogen) atoms. The molecular formula is C40H54O4. The highest BCUT2D eigenvalue weighted by Crippen LogP contribution is 2.41. The first kappa shape index (κ1) is 35.1. The second kappa shape index (κ2) is 17.8. The van der Waals surface area contributed by atoms with E-state index in [1.807, 2.05) is 49.4 Å². The van der Waals surface area contributed by atoms with Crippen molar-refractivity contribution in [1.29, 1.82) is 0 Å². The van der Waals surface area contributed by atoms with Crippen molar-refractivity contribution < 1.29 is 19.1 Å². The number of esters is 2. The van der Waals surface area contributed by atoms with Crippen LogP contribution < -0.4 is 9.47 Å². The second-order valence-corrected chi connectivity index (χ2v) is 13.3. The summed E-state index contributed by atoms with van der Waals surface area (Å²) in [6, 6.07) is 16.6. The first-order chi connectivity index (χ1) is 21.1. The summed E-state index contributed by atoms with van der Waals surface area (Å²) in [5.41, 5.74) is 3.48. The van der Waals surface area contributed by atoms with E-state index in [-0.39, 0.29) is 5.97 Å². The fraction of sp³-hybridized carbons (Fsp3) is 0.500. The SMILES string of the molecule is CC(=O)Oc1c(C/C=C(\C)CCCC(C)CCCC(C)CCCC(C)C)c(C)c(OC(=O)c2ccccc2)c2ccccc12.